The lowest BCUT2D eigenvalue weighted by Crippen LogP contribution is -2.28. The molecule has 0 spiro atoms. The van der Waals surface area contributed by atoms with Crippen LogP contribution in [0.15, 0.2) is 78.4 Å². The standard InChI is InChI=1S/C30H33N/c1-19-17-30(5,6)18-24-26(19)28(21-11-14-22(15-12-21)29(2,3)4)31-25-16-13-20-9-7-8-10-23(20)27(24)25/h7-16,28,31H,1,17-18H2,2-6H3. The van der Waals surface area contributed by atoms with Crippen LogP contribution in [0.5, 0.6) is 0 Å². The first-order chi connectivity index (χ1) is 14.6. The third-order valence-corrected chi connectivity index (χ3v) is 6.98. The summed E-state index contributed by atoms with van der Waals surface area (Å²) < 4.78 is 0. The highest BCUT2D eigenvalue weighted by Gasteiger charge is 2.38. The molecule has 1 aliphatic carbocycles. The molecule has 0 fully saturated rings. The molecule has 0 radical (unpaired) electrons. The van der Waals surface area contributed by atoms with Gasteiger partial charge in [0, 0.05) is 11.3 Å². The SMILES string of the molecule is C=C1CC(C)(C)CC2=C1C(c1ccc(C(C)(C)C)cc1)Nc1ccc3ccccc3c12. The van der Waals surface area contributed by atoms with E-state index in [0.717, 1.165) is 12.8 Å². The molecule has 1 nitrogen and oxygen atoms in total. The van der Waals surface area contributed by atoms with Crippen LogP contribution in [0.3, 0.4) is 0 Å². The van der Waals surface area contributed by atoms with Gasteiger partial charge in [0.1, 0.15) is 0 Å². The molecule has 31 heavy (non-hydrogen) atoms. The molecule has 1 heteroatoms. The van der Waals surface area contributed by atoms with Gasteiger partial charge in [-0.1, -0.05) is 95.8 Å². The summed E-state index contributed by atoms with van der Waals surface area (Å²) in [4.78, 5) is 0. The minimum absolute atomic E-state index is 0.154. The lowest BCUT2D eigenvalue weighted by molar-refractivity contribution is 0.363. The van der Waals surface area contributed by atoms with Crippen molar-refractivity contribution in [3.8, 4) is 0 Å². The van der Waals surface area contributed by atoms with E-state index in [1.54, 1.807) is 0 Å². The van der Waals surface area contributed by atoms with E-state index in [2.05, 4.69) is 107 Å². The van der Waals surface area contributed by atoms with E-state index >= 15 is 0 Å². The second kappa shape index (κ2) is 6.85. The van der Waals surface area contributed by atoms with E-state index < -0.39 is 0 Å². The Kier molecular flexibility index (Phi) is 4.45. The van der Waals surface area contributed by atoms with Gasteiger partial charge in [0.25, 0.3) is 0 Å². The molecular weight excluding hydrogens is 374 g/mol. The number of hydrogen-bond donors (Lipinski definition) is 1. The van der Waals surface area contributed by atoms with Gasteiger partial charge < -0.3 is 5.32 Å². The van der Waals surface area contributed by atoms with Crippen molar-refractivity contribution in [2.75, 3.05) is 5.32 Å². The number of rotatable bonds is 1. The fourth-order valence-electron chi connectivity index (χ4n) is 5.49. The van der Waals surface area contributed by atoms with Crippen LogP contribution in [-0.2, 0) is 5.41 Å². The summed E-state index contributed by atoms with van der Waals surface area (Å²) >= 11 is 0. The van der Waals surface area contributed by atoms with E-state index in [0.29, 0.717) is 0 Å². The molecule has 2 aliphatic rings. The van der Waals surface area contributed by atoms with Gasteiger partial charge in [-0.3, -0.25) is 0 Å². The van der Waals surface area contributed by atoms with Crippen LogP contribution in [0.4, 0.5) is 5.69 Å². The zero-order valence-electron chi connectivity index (χ0n) is 19.5. The molecular formula is C30H33N. The summed E-state index contributed by atoms with van der Waals surface area (Å²) in [6.45, 7) is 16.2. The highest BCUT2D eigenvalue weighted by atomic mass is 14.9. The van der Waals surface area contributed by atoms with Gasteiger partial charge in [-0.05, 0) is 68.4 Å². The smallest absolute Gasteiger partial charge is 0.0773 e. The van der Waals surface area contributed by atoms with Crippen molar-refractivity contribution < 1.29 is 0 Å². The van der Waals surface area contributed by atoms with Crippen LogP contribution in [0.1, 0.15) is 70.2 Å². The second-order valence-corrected chi connectivity index (χ2v) is 11.2. The minimum Gasteiger partial charge on any atom is -0.374 e. The molecule has 1 aliphatic heterocycles. The lowest BCUT2D eigenvalue weighted by Gasteiger charge is -2.42. The zero-order valence-corrected chi connectivity index (χ0v) is 19.5. The molecule has 0 bridgehead atoms. The molecule has 1 N–H and O–H groups in total. The molecule has 0 saturated heterocycles. The summed E-state index contributed by atoms with van der Waals surface area (Å²) in [6.07, 6.45) is 2.13. The summed E-state index contributed by atoms with van der Waals surface area (Å²) in [5, 5.41) is 6.54. The monoisotopic (exact) mass is 407 g/mol. The predicted octanol–water partition coefficient (Wildman–Crippen LogP) is 8.43. The van der Waals surface area contributed by atoms with Crippen LogP contribution in [-0.4, -0.2) is 0 Å². The molecule has 0 saturated carbocycles. The fourth-order valence-corrected chi connectivity index (χ4v) is 5.49. The van der Waals surface area contributed by atoms with E-state index in [9.17, 15) is 0 Å². The van der Waals surface area contributed by atoms with Crippen LogP contribution in [0.25, 0.3) is 16.3 Å². The van der Waals surface area contributed by atoms with Crippen molar-refractivity contribution in [2.45, 2.75) is 58.9 Å². The van der Waals surface area contributed by atoms with Gasteiger partial charge in [0.2, 0.25) is 0 Å². The Morgan fingerprint density at radius 1 is 0.903 bits per heavy atom. The van der Waals surface area contributed by atoms with Crippen molar-refractivity contribution in [3.05, 3.63) is 95.1 Å². The Labute approximate surface area is 186 Å². The molecule has 3 aromatic carbocycles. The summed E-state index contributed by atoms with van der Waals surface area (Å²) in [5.74, 6) is 0. The van der Waals surface area contributed by atoms with Crippen molar-refractivity contribution >= 4 is 22.0 Å². The quantitative estimate of drug-likeness (QED) is 0.427. The molecule has 1 unspecified atom stereocenters. The summed E-state index contributed by atoms with van der Waals surface area (Å²) in [6, 6.07) is 22.6. The lowest BCUT2D eigenvalue weighted by atomic mass is 9.66. The van der Waals surface area contributed by atoms with Crippen molar-refractivity contribution in [1.29, 1.82) is 0 Å². The molecule has 1 atom stereocenters. The van der Waals surface area contributed by atoms with Gasteiger partial charge in [-0.25, -0.2) is 0 Å². The van der Waals surface area contributed by atoms with Gasteiger partial charge >= 0.3 is 0 Å². The minimum atomic E-state index is 0.154. The third-order valence-electron chi connectivity index (χ3n) is 6.98. The van der Waals surface area contributed by atoms with E-state index in [4.69, 9.17) is 0 Å². The fraction of sp³-hybridized carbons (Fsp3) is 0.333. The topological polar surface area (TPSA) is 12.0 Å². The first kappa shape index (κ1) is 20.1. The molecule has 1 heterocycles. The average molecular weight is 408 g/mol. The first-order valence-electron chi connectivity index (χ1n) is 11.4. The van der Waals surface area contributed by atoms with E-state index in [-0.39, 0.29) is 16.9 Å². The van der Waals surface area contributed by atoms with Crippen molar-refractivity contribution in [3.63, 3.8) is 0 Å². The van der Waals surface area contributed by atoms with E-state index in [1.807, 2.05) is 0 Å². The van der Waals surface area contributed by atoms with Gasteiger partial charge in [-0.2, -0.15) is 0 Å². The largest absolute Gasteiger partial charge is 0.374 e. The number of allylic oxidation sites excluding steroid dienone is 1. The Hall–Kier alpha value is -2.80. The molecule has 5 rings (SSSR count). The maximum absolute atomic E-state index is 4.58. The maximum Gasteiger partial charge on any atom is 0.0773 e. The van der Waals surface area contributed by atoms with Crippen LogP contribution in [0, 0.1) is 5.41 Å². The molecule has 0 aromatic heterocycles. The molecule has 0 amide bonds. The highest BCUT2D eigenvalue weighted by molar-refractivity contribution is 6.02. The Morgan fingerprint density at radius 2 is 1.61 bits per heavy atom. The van der Waals surface area contributed by atoms with Gasteiger partial charge in [-0.15, -0.1) is 0 Å². The van der Waals surface area contributed by atoms with Crippen molar-refractivity contribution in [1.82, 2.24) is 0 Å². The summed E-state index contributed by atoms with van der Waals surface area (Å²) in [5.41, 5.74) is 9.87. The third kappa shape index (κ3) is 3.41. The van der Waals surface area contributed by atoms with Crippen molar-refractivity contribution in [2.24, 2.45) is 5.41 Å². The number of anilines is 1. The summed E-state index contributed by atoms with van der Waals surface area (Å²) in [7, 11) is 0. The predicted molar refractivity (Wildman–Crippen MR) is 135 cm³/mol. The van der Waals surface area contributed by atoms with Crippen LogP contribution < -0.4 is 5.32 Å². The Morgan fingerprint density at radius 3 is 2.32 bits per heavy atom. The normalized spacial score (nSPS) is 20.3. The first-order valence-corrected chi connectivity index (χ1v) is 11.4. The Balaban J connectivity index is 1.72. The van der Waals surface area contributed by atoms with Gasteiger partial charge in [0.05, 0.1) is 6.04 Å². The van der Waals surface area contributed by atoms with Crippen LogP contribution in [0.2, 0.25) is 0 Å². The van der Waals surface area contributed by atoms with Gasteiger partial charge in [0.15, 0.2) is 0 Å². The Bertz CT molecular complexity index is 1220. The number of hydrogen-bond acceptors (Lipinski definition) is 1. The van der Waals surface area contributed by atoms with E-state index in [1.165, 1.54) is 49.9 Å². The average Bonchev–Trinajstić information content (AvgIpc) is 2.71. The number of nitrogens with one attached hydrogen (secondary N) is 1. The second-order valence-electron chi connectivity index (χ2n) is 11.2. The maximum atomic E-state index is 4.58. The van der Waals surface area contributed by atoms with Crippen LogP contribution >= 0.6 is 0 Å². The highest BCUT2D eigenvalue weighted by Crippen LogP contribution is 2.54. The number of benzene rings is 3. The zero-order chi connectivity index (χ0) is 22.0. The molecule has 158 valence electrons. The number of fused-ring (bicyclic) bond motifs is 4. The molecule has 3 aromatic rings.